The van der Waals surface area contributed by atoms with Gasteiger partial charge >= 0.3 is 0 Å². The van der Waals surface area contributed by atoms with Crippen LogP contribution >= 0.6 is 0 Å². The molecule has 0 aromatic heterocycles. The summed E-state index contributed by atoms with van der Waals surface area (Å²) in [6.07, 6.45) is 1.43. The van der Waals surface area contributed by atoms with Gasteiger partial charge in [0.2, 0.25) is 0 Å². The zero-order valence-corrected chi connectivity index (χ0v) is 12.7. The summed E-state index contributed by atoms with van der Waals surface area (Å²) in [7, 11) is 0. The van der Waals surface area contributed by atoms with E-state index in [2.05, 4.69) is 10.2 Å². The van der Waals surface area contributed by atoms with Gasteiger partial charge in [-0.3, -0.25) is 9.69 Å². The van der Waals surface area contributed by atoms with Crippen molar-refractivity contribution in [3.8, 4) is 5.75 Å². The van der Waals surface area contributed by atoms with Crippen LogP contribution in [0.2, 0.25) is 0 Å². The molecule has 0 aliphatic carbocycles. The molecule has 3 rings (SSSR count). The largest absolute Gasteiger partial charge is 0.507 e. The number of benzene rings is 1. The highest BCUT2D eigenvalue weighted by Gasteiger charge is 2.37. The zero-order valence-electron chi connectivity index (χ0n) is 12.7. The number of carbonyl (C=O) groups excluding carboxylic acids is 1. The lowest BCUT2D eigenvalue weighted by molar-refractivity contribution is -0.0566. The number of rotatable bonds is 4. The lowest BCUT2D eigenvalue weighted by Crippen LogP contribution is -2.46. The molecule has 126 valence electrons. The molecule has 0 bridgehead atoms. The van der Waals surface area contributed by atoms with Crippen LogP contribution in [0, 0.1) is 5.82 Å². The normalized spacial score (nSPS) is 27.7. The van der Waals surface area contributed by atoms with Crippen LogP contribution in [0.25, 0.3) is 0 Å². The number of phenolic OH excluding ortho intramolecular Hbond substituents is 1. The predicted molar refractivity (Wildman–Crippen MR) is 80.7 cm³/mol. The second-order valence-corrected chi connectivity index (χ2v) is 6.14. The van der Waals surface area contributed by atoms with Gasteiger partial charge in [-0.05, 0) is 25.0 Å². The van der Waals surface area contributed by atoms with E-state index in [0.717, 1.165) is 25.1 Å². The molecule has 0 saturated carbocycles. The first-order valence-corrected chi connectivity index (χ1v) is 7.82. The van der Waals surface area contributed by atoms with Gasteiger partial charge in [0.05, 0.1) is 18.3 Å². The number of halogens is 1. The second kappa shape index (κ2) is 6.82. The minimum atomic E-state index is -0.580. The summed E-state index contributed by atoms with van der Waals surface area (Å²) in [6.45, 7) is 2.16. The topological polar surface area (TPSA) is 82.0 Å². The number of morpholine rings is 1. The van der Waals surface area contributed by atoms with E-state index in [1.54, 1.807) is 0 Å². The van der Waals surface area contributed by atoms with Crippen molar-refractivity contribution >= 4 is 5.91 Å². The van der Waals surface area contributed by atoms with Crippen LogP contribution in [0.3, 0.4) is 0 Å². The van der Waals surface area contributed by atoms with Crippen LogP contribution in [0.4, 0.5) is 4.39 Å². The highest BCUT2D eigenvalue weighted by Crippen LogP contribution is 2.25. The van der Waals surface area contributed by atoms with E-state index < -0.39 is 11.7 Å². The molecule has 0 radical (unpaired) electrons. The molecule has 3 N–H and O–H groups in total. The van der Waals surface area contributed by atoms with Gasteiger partial charge in [-0.15, -0.1) is 0 Å². The second-order valence-electron chi connectivity index (χ2n) is 6.14. The molecule has 1 amide bonds. The Morgan fingerprint density at radius 1 is 1.43 bits per heavy atom. The van der Waals surface area contributed by atoms with Crippen LogP contribution in [-0.4, -0.2) is 65.5 Å². The molecule has 1 aromatic carbocycles. The number of ether oxygens (including phenoxy) is 1. The van der Waals surface area contributed by atoms with Gasteiger partial charge in [0.1, 0.15) is 11.6 Å². The number of phenols is 1. The first-order chi connectivity index (χ1) is 11.1. The lowest BCUT2D eigenvalue weighted by Gasteiger charge is -2.34. The Kier molecular flexibility index (Phi) is 4.79. The Hall–Kier alpha value is -1.70. The molecule has 7 heteroatoms. The molecule has 23 heavy (non-hydrogen) atoms. The lowest BCUT2D eigenvalue weighted by atomic mass is 10.1. The summed E-state index contributed by atoms with van der Waals surface area (Å²) in [5, 5.41) is 21.6. The number of hydrogen-bond donors (Lipinski definition) is 3. The highest BCUT2D eigenvalue weighted by molar-refractivity contribution is 5.97. The maximum atomic E-state index is 13.0. The third-order valence-corrected chi connectivity index (χ3v) is 4.48. The fraction of sp³-hybridized carbons (Fsp3) is 0.562. The highest BCUT2D eigenvalue weighted by atomic mass is 19.1. The van der Waals surface area contributed by atoms with Crippen molar-refractivity contribution in [2.24, 2.45) is 0 Å². The van der Waals surface area contributed by atoms with Crippen molar-refractivity contribution in [3.63, 3.8) is 0 Å². The number of aliphatic hydroxyl groups excluding tert-OH is 1. The molecular weight excluding hydrogens is 303 g/mol. The minimum Gasteiger partial charge on any atom is -0.507 e. The molecule has 6 nitrogen and oxygen atoms in total. The van der Waals surface area contributed by atoms with E-state index >= 15 is 0 Å². The summed E-state index contributed by atoms with van der Waals surface area (Å²) in [4.78, 5) is 14.5. The van der Waals surface area contributed by atoms with E-state index in [4.69, 9.17) is 9.84 Å². The Bertz CT molecular complexity index is 583. The van der Waals surface area contributed by atoms with Crippen LogP contribution in [0.5, 0.6) is 5.75 Å². The smallest absolute Gasteiger partial charge is 0.255 e. The Labute approximate surface area is 133 Å². The van der Waals surface area contributed by atoms with Gasteiger partial charge in [0, 0.05) is 37.8 Å². The minimum absolute atomic E-state index is 0.0339. The first kappa shape index (κ1) is 16.2. The average molecular weight is 324 g/mol. The van der Waals surface area contributed by atoms with Crippen molar-refractivity contribution in [1.29, 1.82) is 0 Å². The molecule has 2 aliphatic heterocycles. The maximum Gasteiger partial charge on any atom is 0.255 e. The van der Waals surface area contributed by atoms with Crippen LogP contribution in [-0.2, 0) is 4.74 Å². The Balaban J connectivity index is 1.58. The van der Waals surface area contributed by atoms with Crippen LogP contribution in [0.1, 0.15) is 23.2 Å². The molecule has 3 atom stereocenters. The van der Waals surface area contributed by atoms with Crippen LogP contribution < -0.4 is 5.32 Å². The first-order valence-electron chi connectivity index (χ1n) is 7.82. The number of fused-ring (bicyclic) bond motifs is 1. The molecule has 0 unspecified atom stereocenters. The van der Waals surface area contributed by atoms with E-state index in [1.165, 1.54) is 6.07 Å². The number of hydrogen-bond acceptors (Lipinski definition) is 5. The average Bonchev–Trinajstić information content (AvgIpc) is 2.88. The molecule has 1 aromatic rings. The van der Waals surface area contributed by atoms with E-state index in [-0.39, 0.29) is 36.1 Å². The molecular formula is C16H21FN2O4. The summed E-state index contributed by atoms with van der Waals surface area (Å²) >= 11 is 0. The van der Waals surface area contributed by atoms with Gasteiger partial charge in [-0.25, -0.2) is 4.39 Å². The number of aromatic hydroxyl groups is 1. The number of carbonyl (C=O) groups is 1. The molecule has 2 fully saturated rings. The number of nitrogens with one attached hydrogen (secondary N) is 1. The van der Waals surface area contributed by atoms with E-state index in [0.29, 0.717) is 19.6 Å². The number of nitrogens with zero attached hydrogens (tertiary/aromatic N) is 1. The third kappa shape index (κ3) is 3.63. The van der Waals surface area contributed by atoms with Gasteiger partial charge in [-0.2, -0.15) is 0 Å². The van der Waals surface area contributed by atoms with Gasteiger partial charge < -0.3 is 20.3 Å². The van der Waals surface area contributed by atoms with E-state index in [1.807, 2.05) is 0 Å². The molecule has 0 spiro atoms. The maximum absolute atomic E-state index is 13.0. The Morgan fingerprint density at radius 3 is 3.00 bits per heavy atom. The summed E-state index contributed by atoms with van der Waals surface area (Å²) in [5.41, 5.74) is 0.0747. The molecule has 2 heterocycles. The predicted octanol–water partition coefficient (Wildman–Crippen LogP) is 0.485. The third-order valence-electron chi connectivity index (χ3n) is 4.48. The van der Waals surface area contributed by atoms with Gasteiger partial charge in [-0.1, -0.05) is 0 Å². The Morgan fingerprint density at radius 2 is 2.26 bits per heavy atom. The molecule has 2 aliphatic rings. The number of amides is 1. The van der Waals surface area contributed by atoms with Crippen molar-refractivity contribution in [1.82, 2.24) is 10.2 Å². The fourth-order valence-electron chi connectivity index (χ4n) is 3.33. The molecule has 2 saturated heterocycles. The zero-order chi connectivity index (χ0) is 16.4. The van der Waals surface area contributed by atoms with E-state index in [9.17, 15) is 14.3 Å². The summed E-state index contributed by atoms with van der Waals surface area (Å²) in [5.74, 6) is -1.34. The van der Waals surface area contributed by atoms with Crippen LogP contribution in [0.15, 0.2) is 18.2 Å². The van der Waals surface area contributed by atoms with Crippen molar-refractivity contribution in [2.45, 2.75) is 31.0 Å². The SMILES string of the molecule is O=C(N[C@H]1C[C@H]2CO[C@@H](CCO)CN2C1)c1ccc(F)cc1O. The summed E-state index contributed by atoms with van der Waals surface area (Å²) in [6, 6.07) is 3.59. The van der Waals surface area contributed by atoms with Crippen molar-refractivity contribution in [2.75, 3.05) is 26.3 Å². The quantitative estimate of drug-likeness (QED) is 0.751. The fourth-order valence-corrected chi connectivity index (χ4v) is 3.33. The van der Waals surface area contributed by atoms with Crippen molar-refractivity contribution < 1.29 is 24.1 Å². The van der Waals surface area contributed by atoms with Gasteiger partial charge in [0.25, 0.3) is 5.91 Å². The number of aliphatic hydroxyl groups is 1. The standard InChI is InChI=1S/C16H21FN2O4/c17-10-1-2-14(15(21)5-10)16(22)18-11-6-12-9-23-13(3-4-20)8-19(12)7-11/h1-2,5,11-13,20-21H,3-4,6-9H2,(H,18,22)/t11-,12-,13-/m0/s1. The monoisotopic (exact) mass is 324 g/mol. The summed E-state index contributed by atoms with van der Waals surface area (Å²) < 4.78 is 18.7. The van der Waals surface area contributed by atoms with Gasteiger partial charge in [0.15, 0.2) is 0 Å². The van der Waals surface area contributed by atoms with Crippen molar-refractivity contribution in [3.05, 3.63) is 29.6 Å².